The number of benzene rings is 2. The second-order valence-corrected chi connectivity index (χ2v) is 4.85. The molecular formula is C16H16O2. The lowest BCUT2D eigenvalue weighted by atomic mass is 9.96. The Kier molecular flexibility index (Phi) is 3.01. The van der Waals surface area contributed by atoms with Crippen LogP contribution in [0.1, 0.15) is 25.7 Å². The van der Waals surface area contributed by atoms with Gasteiger partial charge in [-0.25, -0.2) is 0 Å². The van der Waals surface area contributed by atoms with E-state index in [1.165, 1.54) is 5.39 Å². The normalized spacial score (nSPS) is 20.0. The van der Waals surface area contributed by atoms with Crippen LogP contribution < -0.4 is 4.74 Å². The number of ether oxygens (including phenoxy) is 1. The summed E-state index contributed by atoms with van der Waals surface area (Å²) < 4.78 is 6.02. The molecule has 0 spiro atoms. The minimum Gasteiger partial charge on any atom is -0.489 e. The molecule has 0 bridgehead atoms. The molecule has 0 amide bonds. The van der Waals surface area contributed by atoms with E-state index in [9.17, 15) is 4.79 Å². The number of rotatable bonds is 2. The summed E-state index contributed by atoms with van der Waals surface area (Å²) in [6, 6.07) is 14.2. The molecule has 1 unspecified atom stereocenters. The predicted molar refractivity (Wildman–Crippen MR) is 71.8 cm³/mol. The standard InChI is InChI=1S/C16H16O2/c17-13-7-4-8-14(11-13)18-16-10-3-6-12-5-1-2-9-15(12)16/h1-3,5-6,9-10,14H,4,7-8,11H2. The van der Waals surface area contributed by atoms with Crippen LogP contribution in [-0.4, -0.2) is 11.9 Å². The smallest absolute Gasteiger partial charge is 0.136 e. The Morgan fingerprint density at radius 1 is 1.06 bits per heavy atom. The van der Waals surface area contributed by atoms with Crippen LogP contribution in [0.25, 0.3) is 10.8 Å². The molecule has 1 aliphatic rings. The van der Waals surface area contributed by atoms with E-state index in [4.69, 9.17) is 4.74 Å². The molecule has 0 radical (unpaired) electrons. The van der Waals surface area contributed by atoms with E-state index in [2.05, 4.69) is 18.2 Å². The van der Waals surface area contributed by atoms with E-state index < -0.39 is 0 Å². The SMILES string of the molecule is O=C1CCCC(Oc2cccc3ccccc23)C1. The van der Waals surface area contributed by atoms with Crippen molar-refractivity contribution in [3.63, 3.8) is 0 Å². The van der Waals surface area contributed by atoms with Gasteiger partial charge >= 0.3 is 0 Å². The average molecular weight is 240 g/mol. The van der Waals surface area contributed by atoms with Crippen LogP contribution in [-0.2, 0) is 4.79 Å². The maximum atomic E-state index is 11.4. The van der Waals surface area contributed by atoms with Crippen LogP contribution in [0.3, 0.4) is 0 Å². The monoisotopic (exact) mass is 240 g/mol. The number of carbonyl (C=O) groups is 1. The molecule has 1 fully saturated rings. The third-order valence-corrected chi connectivity index (χ3v) is 3.48. The Balaban J connectivity index is 1.88. The van der Waals surface area contributed by atoms with Crippen molar-refractivity contribution in [2.45, 2.75) is 31.8 Å². The number of fused-ring (bicyclic) bond motifs is 1. The zero-order chi connectivity index (χ0) is 12.4. The molecule has 18 heavy (non-hydrogen) atoms. The van der Waals surface area contributed by atoms with Gasteiger partial charge in [-0.2, -0.15) is 0 Å². The van der Waals surface area contributed by atoms with Crippen LogP contribution in [0, 0.1) is 0 Å². The first-order chi connectivity index (χ1) is 8.83. The third-order valence-electron chi connectivity index (χ3n) is 3.48. The molecular weight excluding hydrogens is 224 g/mol. The Morgan fingerprint density at radius 3 is 2.78 bits per heavy atom. The molecule has 0 N–H and O–H groups in total. The number of ketones is 1. The highest BCUT2D eigenvalue weighted by Crippen LogP contribution is 2.28. The first kappa shape index (κ1) is 11.3. The molecule has 2 aromatic carbocycles. The first-order valence-electron chi connectivity index (χ1n) is 6.49. The predicted octanol–water partition coefficient (Wildman–Crippen LogP) is 3.73. The minimum atomic E-state index is 0.0528. The first-order valence-corrected chi connectivity index (χ1v) is 6.49. The second kappa shape index (κ2) is 4.81. The topological polar surface area (TPSA) is 26.3 Å². The highest BCUT2D eigenvalue weighted by atomic mass is 16.5. The number of Topliss-reactive ketones (excluding diaryl/α,β-unsaturated/α-hetero) is 1. The van der Waals surface area contributed by atoms with Crippen LogP contribution in [0.5, 0.6) is 5.75 Å². The molecule has 2 heteroatoms. The fraction of sp³-hybridized carbons (Fsp3) is 0.312. The molecule has 2 nitrogen and oxygen atoms in total. The Bertz CT molecular complexity index is 569. The molecule has 0 aliphatic heterocycles. The minimum absolute atomic E-state index is 0.0528. The van der Waals surface area contributed by atoms with Gasteiger partial charge < -0.3 is 4.74 Å². The van der Waals surface area contributed by atoms with E-state index in [1.807, 2.05) is 24.3 Å². The van der Waals surface area contributed by atoms with Crippen molar-refractivity contribution < 1.29 is 9.53 Å². The van der Waals surface area contributed by atoms with Gasteiger partial charge in [0.2, 0.25) is 0 Å². The van der Waals surface area contributed by atoms with E-state index in [0.717, 1.165) is 30.4 Å². The van der Waals surface area contributed by atoms with Crippen molar-refractivity contribution in [2.24, 2.45) is 0 Å². The molecule has 0 heterocycles. The molecule has 92 valence electrons. The van der Waals surface area contributed by atoms with Crippen molar-refractivity contribution in [1.82, 2.24) is 0 Å². The Morgan fingerprint density at radius 2 is 1.89 bits per heavy atom. The van der Waals surface area contributed by atoms with E-state index in [0.29, 0.717) is 12.2 Å². The highest BCUT2D eigenvalue weighted by molar-refractivity contribution is 5.88. The van der Waals surface area contributed by atoms with Gasteiger partial charge in [-0.3, -0.25) is 4.79 Å². The fourth-order valence-electron chi connectivity index (χ4n) is 2.56. The van der Waals surface area contributed by atoms with Crippen LogP contribution in [0.4, 0.5) is 0 Å². The Hall–Kier alpha value is -1.83. The molecule has 1 saturated carbocycles. The van der Waals surface area contributed by atoms with Gasteiger partial charge in [0.25, 0.3) is 0 Å². The number of hydrogen-bond donors (Lipinski definition) is 0. The lowest BCUT2D eigenvalue weighted by molar-refractivity contribution is -0.122. The van der Waals surface area contributed by atoms with Gasteiger partial charge in [-0.05, 0) is 24.3 Å². The largest absolute Gasteiger partial charge is 0.489 e. The fourth-order valence-corrected chi connectivity index (χ4v) is 2.56. The van der Waals surface area contributed by atoms with Crippen molar-refractivity contribution in [3.8, 4) is 5.75 Å². The quantitative estimate of drug-likeness (QED) is 0.799. The van der Waals surface area contributed by atoms with Crippen LogP contribution in [0.2, 0.25) is 0 Å². The number of hydrogen-bond acceptors (Lipinski definition) is 2. The summed E-state index contributed by atoms with van der Waals surface area (Å²) in [5, 5.41) is 2.30. The summed E-state index contributed by atoms with van der Waals surface area (Å²) in [4.78, 5) is 11.4. The van der Waals surface area contributed by atoms with Gasteiger partial charge in [0, 0.05) is 18.2 Å². The highest BCUT2D eigenvalue weighted by Gasteiger charge is 2.21. The van der Waals surface area contributed by atoms with Gasteiger partial charge in [0.1, 0.15) is 17.6 Å². The van der Waals surface area contributed by atoms with Gasteiger partial charge in [-0.1, -0.05) is 36.4 Å². The Labute approximate surface area is 107 Å². The van der Waals surface area contributed by atoms with Crippen LogP contribution in [0.15, 0.2) is 42.5 Å². The van der Waals surface area contributed by atoms with E-state index in [-0.39, 0.29) is 6.10 Å². The molecule has 1 atom stereocenters. The summed E-state index contributed by atoms with van der Waals surface area (Å²) in [5.74, 6) is 1.22. The summed E-state index contributed by atoms with van der Waals surface area (Å²) in [5.41, 5.74) is 0. The summed E-state index contributed by atoms with van der Waals surface area (Å²) in [6.07, 6.45) is 3.26. The molecule has 0 saturated heterocycles. The van der Waals surface area contributed by atoms with Crippen molar-refractivity contribution in [3.05, 3.63) is 42.5 Å². The van der Waals surface area contributed by atoms with Gasteiger partial charge in [0.15, 0.2) is 0 Å². The summed E-state index contributed by atoms with van der Waals surface area (Å²) in [6.45, 7) is 0. The maximum absolute atomic E-state index is 11.4. The molecule has 0 aromatic heterocycles. The van der Waals surface area contributed by atoms with Crippen molar-refractivity contribution in [1.29, 1.82) is 0 Å². The van der Waals surface area contributed by atoms with Gasteiger partial charge in [0.05, 0.1) is 0 Å². The second-order valence-electron chi connectivity index (χ2n) is 4.85. The lowest BCUT2D eigenvalue weighted by Crippen LogP contribution is -2.25. The third kappa shape index (κ3) is 2.23. The van der Waals surface area contributed by atoms with Gasteiger partial charge in [-0.15, -0.1) is 0 Å². The number of carbonyl (C=O) groups excluding carboxylic acids is 1. The molecule has 1 aliphatic carbocycles. The maximum Gasteiger partial charge on any atom is 0.136 e. The van der Waals surface area contributed by atoms with Crippen molar-refractivity contribution >= 4 is 16.6 Å². The zero-order valence-electron chi connectivity index (χ0n) is 10.3. The summed E-state index contributed by atoms with van der Waals surface area (Å²) >= 11 is 0. The van der Waals surface area contributed by atoms with E-state index >= 15 is 0 Å². The zero-order valence-corrected chi connectivity index (χ0v) is 10.3. The molecule has 3 rings (SSSR count). The summed E-state index contributed by atoms with van der Waals surface area (Å²) in [7, 11) is 0. The van der Waals surface area contributed by atoms with Crippen LogP contribution >= 0.6 is 0 Å². The van der Waals surface area contributed by atoms with Crippen molar-refractivity contribution in [2.75, 3.05) is 0 Å². The lowest BCUT2D eigenvalue weighted by Gasteiger charge is -2.23. The molecule has 2 aromatic rings. The average Bonchev–Trinajstić information content (AvgIpc) is 2.39. The van der Waals surface area contributed by atoms with E-state index in [1.54, 1.807) is 0 Å².